The van der Waals surface area contributed by atoms with Crippen LogP contribution in [-0.2, 0) is 14.8 Å². The van der Waals surface area contributed by atoms with Crippen LogP contribution in [0.2, 0.25) is 0 Å². The molecule has 9 heteroatoms. The van der Waals surface area contributed by atoms with Crippen LogP contribution in [0.25, 0.3) is 0 Å². The number of amides is 1. The van der Waals surface area contributed by atoms with E-state index in [4.69, 9.17) is 0 Å². The fraction of sp³-hybridized carbons (Fsp3) is 0.600. The maximum absolute atomic E-state index is 12.4. The van der Waals surface area contributed by atoms with Gasteiger partial charge in [-0.1, -0.05) is 19.3 Å². The highest BCUT2D eigenvalue weighted by atomic mass is 32.2. The maximum Gasteiger partial charge on any atom is 0.311 e. The van der Waals surface area contributed by atoms with Gasteiger partial charge in [0.1, 0.15) is 9.77 Å². The van der Waals surface area contributed by atoms with Crippen LogP contribution in [0.5, 0.6) is 0 Å². The highest BCUT2D eigenvalue weighted by Crippen LogP contribution is 2.36. The van der Waals surface area contributed by atoms with Crippen LogP contribution in [-0.4, -0.2) is 50.3 Å². The molecule has 1 fully saturated rings. The third-order valence-corrected chi connectivity index (χ3v) is 7.35. The average Bonchev–Trinajstić information content (AvgIpc) is 3.03. The Morgan fingerprint density at radius 1 is 1.29 bits per heavy atom. The fourth-order valence-corrected chi connectivity index (χ4v) is 5.10. The molecule has 1 aromatic rings. The number of hydrogen-bond acceptors (Lipinski definition) is 5. The quantitative estimate of drug-likeness (QED) is 0.790. The van der Waals surface area contributed by atoms with Crippen molar-refractivity contribution in [3.05, 3.63) is 16.3 Å². The van der Waals surface area contributed by atoms with Gasteiger partial charge in [-0.3, -0.25) is 9.59 Å². The molecule has 2 rings (SSSR count). The Bertz CT molecular complexity index is 718. The van der Waals surface area contributed by atoms with Crippen molar-refractivity contribution >= 4 is 33.2 Å². The molecule has 134 valence electrons. The number of carbonyl (C=O) groups is 2. The van der Waals surface area contributed by atoms with E-state index in [1.54, 1.807) is 5.38 Å². The molecule has 24 heavy (non-hydrogen) atoms. The Kier molecular flexibility index (Phi) is 5.67. The Morgan fingerprint density at radius 3 is 2.46 bits per heavy atom. The summed E-state index contributed by atoms with van der Waals surface area (Å²) in [6.45, 7) is 0.0144. The van der Waals surface area contributed by atoms with Crippen molar-refractivity contribution in [2.24, 2.45) is 5.41 Å². The maximum atomic E-state index is 12.4. The van der Waals surface area contributed by atoms with E-state index in [1.165, 1.54) is 20.2 Å². The van der Waals surface area contributed by atoms with Gasteiger partial charge in [-0.2, -0.15) is 0 Å². The number of carboxylic acid groups (broad SMARTS) is 1. The van der Waals surface area contributed by atoms with E-state index in [-0.39, 0.29) is 16.3 Å². The summed E-state index contributed by atoms with van der Waals surface area (Å²) in [5, 5.41) is 13.7. The van der Waals surface area contributed by atoms with Crippen LogP contribution in [0.3, 0.4) is 0 Å². The van der Waals surface area contributed by atoms with Crippen LogP contribution in [0.15, 0.2) is 16.3 Å². The minimum absolute atomic E-state index is 0.0144. The largest absolute Gasteiger partial charge is 0.481 e. The molecule has 2 N–H and O–H groups in total. The minimum atomic E-state index is -3.72. The number of nitrogens with one attached hydrogen (secondary N) is 1. The third kappa shape index (κ3) is 3.62. The van der Waals surface area contributed by atoms with Crippen molar-refractivity contribution in [2.75, 3.05) is 20.6 Å². The first kappa shape index (κ1) is 18.9. The second-order valence-corrected chi connectivity index (χ2v) is 9.27. The van der Waals surface area contributed by atoms with Gasteiger partial charge in [0.15, 0.2) is 0 Å². The predicted molar refractivity (Wildman–Crippen MR) is 90.7 cm³/mol. The molecule has 1 heterocycles. The Balaban J connectivity index is 2.17. The molecule has 0 aromatic carbocycles. The number of nitrogens with zero attached hydrogens (tertiary/aromatic N) is 1. The molecule has 0 unspecified atom stereocenters. The van der Waals surface area contributed by atoms with Crippen LogP contribution >= 0.6 is 11.3 Å². The fourth-order valence-electron chi connectivity index (χ4n) is 2.89. The van der Waals surface area contributed by atoms with E-state index < -0.39 is 27.3 Å². The van der Waals surface area contributed by atoms with Gasteiger partial charge in [-0.05, 0) is 24.3 Å². The van der Waals surface area contributed by atoms with Gasteiger partial charge in [0.2, 0.25) is 10.0 Å². The average molecular weight is 374 g/mol. The van der Waals surface area contributed by atoms with E-state index in [0.717, 1.165) is 34.9 Å². The number of carboxylic acids is 1. The zero-order valence-corrected chi connectivity index (χ0v) is 15.4. The third-order valence-electron chi connectivity index (χ3n) is 4.45. The van der Waals surface area contributed by atoms with E-state index in [9.17, 15) is 23.1 Å². The topological polar surface area (TPSA) is 104 Å². The molecule has 0 saturated heterocycles. The lowest BCUT2D eigenvalue weighted by Gasteiger charge is -2.33. The summed E-state index contributed by atoms with van der Waals surface area (Å²) in [5.41, 5.74) is -0.953. The summed E-state index contributed by atoms with van der Waals surface area (Å²) in [6.07, 6.45) is 3.69. The van der Waals surface area contributed by atoms with E-state index in [1.807, 2.05) is 0 Å². The molecule has 1 aliphatic rings. The molecule has 0 radical (unpaired) electrons. The van der Waals surface area contributed by atoms with Crippen molar-refractivity contribution in [1.29, 1.82) is 0 Å². The molecule has 0 spiro atoms. The van der Waals surface area contributed by atoms with Crippen molar-refractivity contribution in [1.82, 2.24) is 9.62 Å². The highest BCUT2D eigenvalue weighted by Gasteiger charge is 2.40. The zero-order valence-electron chi connectivity index (χ0n) is 13.7. The van der Waals surface area contributed by atoms with Gasteiger partial charge in [-0.25, -0.2) is 12.7 Å². The van der Waals surface area contributed by atoms with Gasteiger partial charge < -0.3 is 10.4 Å². The normalized spacial score (nSPS) is 17.6. The summed E-state index contributed by atoms with van der Waals surface area (Å²) >= 11 is 1.03. The molecule has 7 nitrogen and oxygen atoms in total. The number of hydrogen-bond donors (Lipinski definition) is 2. The van der Waals surface area contributed by atoms with Gasteiger partial charge in [-0.15, -0.1) is 11.3 Å². The van der Waals surface area contributed by atoms with E-state index in [0.29, 0.717) is 12.8 Å². The van der Waals surface area contributed by atoms with Crippen molar-refractivity contribution < 1.29 is 23.1 Å². The standard InChI is InChI=1S/C15H22N2O5S2/c1-17(2)24(21,22)11-6-9-23-12(11)13(18)16-10-15(14(19)20)7-4-3-5-8-15/h6,9H,3-5,7-8,10H2,1-2H3,(H,16,18)(H,19,20). The molecule has 1 saturated carbocycles. The first-order valence-corrected chi connectivity index (χ1v) is 10.0. The van der Waals surface area contributed by atoms with Crippen molar-refractivity contribution in [3.8, 4) is 0 Å². The van der Waals surface area contributed by atoms with Crippen LogP contribution in [0, 0.1) is 5.41 Å². The van der Waals surface area contributed by atoms with Gasteiger partial charge >= 0.3 is 5.97 Å². The number of carbonyl (C=O) groups excluding carboxylic acids is 1. The number of aliphatic carboxylic acids is 1. The molecule has 1 aromatic heterocycles. The molecule has 0 atom stereocenters. The Labute approximate surface area is 145 Å². The van der Waals surface area contributed by atoms with E-state index >= 15 is 0 Å². The van der Waals surface area contributed by atoms with Gasteiger partial charge in [0.05, 0.1) is 5.41 Å². The summed E-state index contributed by atoms with van der Waals surface area (Å²) in [6, 6.07) is 1.39. The van der Waals surface area contributed by atoms with Crippen LogP contribution in [0.4, 0.5) is 0 Å². The first-order valence-electron chi connectivity index (χ1n) is 7.72. The lowest BCUT2D eigenvalue weighted by Crippen LogP contribution is -2.44. The van der Waals surface area contributed by atoms with Crippen molar-refractivity contribution in [3.63, 3.8) is 0 Å². The van der Waals surface area contributed by atoms with Gasteiger partial charge in [0, 0.05) is 20.6 Å². The molecule has 1 aliphatic carbocycles. The Morgan fingerprint density at radius 2 is 1.92 bits per heavy atom. The molecular formula is C15H22N2O5S2. The summed E-state index contributed by atoms with van der Waals surface area (Å²) in [7, 11) is -0.919. The zero-order chi connectivity index (χ0) is 18.0. The molecular weight excluding hydrogens is 352 g/mol. The molecule has 0 aliphatic heterocycles. The number of thiophene rings is 1. The van der Waals surface area contributed by atoms with Crippen molar-refractivity contribution in [2.45, 2.75) is 37.0 Å². The lowest BCUT2D eigenvalue weighted by atomic mass is 9.74. The second-order valence-electron chi connectivity index (χ2n) is 6.23. The molecule has 1 amide bonds. The monoisotopic (exact) mass is 374 g/mol. The Hall–Kier alpha value is -1.45. The second kappa shape index (κ2) is 7.20. The lowest BCUT2D eigenvalue weighted by molar-refractivity contribution is -0.150. The van der Waals surface area contributed by atoms with Crippen LogP contribution < -0.4 is 5.32 Å². The summed E-state index contributed by atoms with van der Waals surface area (Å²) in [5.74, 6) is -1.45. The first-order chi connectivity index (χ1) is 11.2. The smallest absolute Gasteiger partial charge is 0.311 e. The molecule has 0 bridgehead atoms. The highest BCUT2D eigenvalue weighted by molar-refractivity contribution is 7.89. The van der Waals surface area contributed by atoms with Gasteiger partial charge in [0.25, 0.3) is 5.91 Å². The van der Waals surface area contributed by atoms with Crippen LogP contribution in [0.1, 0.15) is 41.8 Å². The SMILES string of the molecule is CN(C)S(=O)(=O)c1ccsc1C(=O)NCC1(C(=O)O)CCCCC1. The number of sulfonamides is 1. The minimum Gasteiger partial charge on any atom is -0.481 e. The summed E-state index contributed by atoms with van der Waals surface area (Å²) in [4.78, 5) is 24.1. The predicted octanol–water partition coefficient (Wildman–Crippen LogP) is 1.76. The van der Waals surface area contributed by atoms with E-state index in [2.05, 4.69) is 5.32 Å². The summed E-state index contributed by atoms with van der Waals surface area (Å²) < 4.78 is 25.6. The number of rotatable bonds is 6.